The van der Waals surface area contributed by atoms with Gasteiger partial charge in [0.15, 0.2) is 17.5 Å². The van der Waals surface area contributed by atoms with Crippen molar-refractivity contribution < 1.29 is 0 Å². The summed E-state index contributed by atoms with van der Waals surface area (Å²) in [4.78, 5) is 8.86. The van der Waals surface area contributed by atoms with Gasteiger partial charge in [-0.2, -0.15) is 4.98 Å². The predicted molar refractivity (Wildman–Crippen MR) is 117 cm³/mol. The van der Waals surface area contributed by atoms with Gasteiger partial charge in [-0.05, 0) is 25.7 Å². The predicted octanol–water partition coefficient (Wildman–Crippen LogP) is 2.99. The summed E-state index contributed by atoms with van der Waals surface area (Å²) in [6, 6.07) is 0. The van der Waals surface area contributed by atoms with Gasteiger partial charge < -0.3 is 19.8 Å². The summed E-state index contributed by atoms with van der Waals surface area (Å²) in [5.74, 6) is 5.03. The standard InChI is InChI=1S/C20H27ClN10/c21-14-11-23-20(24-13-18-29-27-16-8-4-2-6-10-31(16)18)25-19(14)22-12-17-28-26-15-7-3-1-5-9-30(15)17/h11H,1-10,12-13H2,(H2,22,23,24,25). The van der Waals surface area contributed by atoms with Crippen LogP contribution < -0.4 is 10.6 Å². The van der Waals surface area contributed by atoms with E-state index in [0.717, 1.165) is 62.1 Å². The third-order valence-corrected chi connectivity index (χ3v) is 6.21. The van der Waals surface area contributed by atoms with Crippen LogP contribution in [0, 0.1) is 0 Å². The first kappa shape index (κ1) is 20.2. The number of anilines is 2. The molecule has 0 aliphatic carbocycles. The highest BCUT2D eigenvalue weighted by atomic mass is 35.5. The van der Waals surface area contributed by atoms with Crippen molar-refractivity contribution in [3.63, 3.8) is 0 Å². The maximum absolute atomic E-state index is 6.33. The van der Waals surface area contributed by atoms with Crippen molar-refractivity contribution in [2.45, 2.75) is 77.5 Å². The molecule has 5 heterocycles. The van der Waals surface area contributed by atoms with E-state index in [-0.39, 0.29) is 0 Å². The molecule has 10 nitrogen and oxygen atoms in total. The molecule has 0 radical (unpaired) electrons. The molecule has 3 aromatic heterocycles. The molecule has 0 saturated heterocycles. The minimum absolute atomic E-state index is 0.470. The molecule has 2 aliphatic heterocycles. The lowest BCUT2D eigenvalue weighted by molar-refractivity contribution is 0.609. The van der Waals surface area contributed by atoms with Crippen LogP contribution in [0.5, 0.6) is 0 Å². The van der Waals surface area contributed by atoms with E-state index in [1.165, 1.54) is 25.7 Å². The minimum atomic E-state index is 0.470. The van der Waals surface area contributed by atoms with Crippen LogP contribution in [0.15, 0.2) is 6.20 Å². The van der Waals surface area contributed by atoms with E-state index in [4.69, 9.17) is 11.6 Å². The third kappa shape index (κ3) is 4.48. The van der Waals surface area contributed by atoms with E-state index < -0.39 is 0 Å². The molecule has 5 rings (SSSR count). The molecule has 2 aliphatic rings. The van der Waals surface area contributed by atoms with Gasteiger partial charge in [0.2, 0.25) is 5.95 Å². The molecule has 0 aromatic carbocycles. The first-order valence-corrected chi connectivity index (χ1v) is 11.5. The number of rotatable bonds is 6. The molecular formula is C20H27ClN10. The molecule has 0 atom stereocenters. The van der Waals surface area contributed by atoms with Crippen molar-refractivity contribution in [1.82, 2.24) is 39.5 Å². The normalized spacial score (nSPS) is 16.2. The fraction of sp³-hybridized carbons (Fsp3) is 0.600. The average Bonchev–Trinajstić information content (AvgIpc) is 3.15. The minimum Gasteiger partial charge on any atom is -0.361 e. The number of fused-ring (bicyclic) bond motifs is 2. The average molecular weight is 443 g/mol. The van der Waals surface area contributed by atoms with Crippen LogP contribution >= 0.6 is 11.6 Å². The highest BCUT2D eigenvalue weighted by Crippen LogP contribution is 2.22. The van der Waals surface area contributed by atoms with E-state index in [2.05, 4.69) is 50.1 Å². The number of nitrogens with zero attached hydrogens (tertiary/aromatic N) is 8. The summed E-state index contributed by atoms with van der Waals surface area (Å²) < 4.78 is 4.43. The van der Waals surface area contributed by atoms with Crippen LogP contribution in [0.25, 0.3) is 0 Å². The van der Waals surface area contributed by atoms with Gasteiger partial charge in [-0.25, -0.2) is 4.98 Å². The molecule has 0 unspecified atom stereocenters. The van der Waals surface area contributed by atoms with Gasteiger partial charge >= 0.3 is 0 Å². The van der Waals surface area contributed by atoms with Crippen LogP contribution in [0.1, 0.15) is 61.8 Å². The first-order chi connectivity index (χ1) is 15.3. The van der Waals surface area contributed by atoms with Gasteiger partial charge in [0, 0.05) is 25.9 Å². The zero-order chi connectivity index (χ0) is 21.0. The number of nitrogens with one attached hydrogen (secondary N) is 2. The van der Waals surface area contributed by atoms with Crippen molar-refractivity contribution in [3.05, 3.63) is 34.5 Å². The van der Waals surface area contributed by atoms with E-state index in [9.17, 15) is 0 Å². The topological polar surface area (TPSA) is 111 Å². The second kappa shape index (κ2) is 9.17. The van der Waals surface area contributed by atoms with Crippen molar-refractivity contribution in [3.8, 4) is 0 Å². The Balaban J connectivity index is 1.25. The Hall–Kier alpha value is -2.75. The van der Waals surface area contributed by atoms with E-state index in [0.29, 0.717) is 29.9 Å². The van der Waals surface area contributed by atoms with Crippen LogP contribution in [0.4, 0.5) is 11.8 Å². The highest BCUT2D eigenvalue weighted by molar-refractivity contribution is 6.32. The number of aryl methyl sites for hydroxylation is 2. The molecule has 0 spiro atoms. The van der Waals surface area contributed by atoms with Gasteiger partial charge in [0.1, 0.15) is 16.7 Å². The molecule has 31 heavy (non-hydrogen) atoms. The Morgan fingerprint density at radius 2 is 1.39 bits per heavy atom. The van der Waals surface area contributed by atoms with Crippen molar-refractivity contribution in [1.29, 1.82) is 0 Å². The van der Waals surface area contributed by atoms with Crippen LogP contribution in [0.3, 0.4) is 0 Å². The summed E-state index contributed by atoms with van der Waals surface area (Å²) in [5, 5.41) is 24.4. The SMILES string of the molecule is Clc1cnc(NCc2nnc3n2CCCCC3)nc1NCc1nnc2n1CCCCC2. The smallest absolute Gasteiger partial charge is 0.225 e. The van der Waals surface area contributed by atoms with Gasteiger partial charge in [-0.3, -0.25) is 0 Å². The number of hydrogen-bond donors (Lipinski definition) is 2. The van der Waals surface area contributed by atoms with E-state index in [1.54, 1.807) is 6.20 Å². The highest BCUT2D eigenvalue weighted by Gasteiger charge is 2.17. The van der Waals surface area contributed by atoms with Gasteiger partial charge in [0.25, 0.3) is 0 Å². The number of aromatic nitrogens is 8. The molecule has 3 aromatic rings. The van der Waals surface area contributed by atoms with Crippen molar-refractivity contribution in [2.24, 2.45) is 0 Å². The van der Waals surface area contributed by atoms with Crippen LogP contribution in [0.2, 0.25) is 5.02 Å². The molecule has 0 fully saturated rings. The van der Waals surface area contributed by atoms with Crippen molar-refractivity contribution >= 4 is 23.4 Å². The van der Waals surface area contributed by atoms with Gasteiger partial charge in [-0.1, -0.05) is 24.4 Å². The largest absolute Gasteiger partial charge is 0.361 e. The summed E-state index contributed by atoms with van der Waals surface area (Å²) >= 11 is 6.33. The van der Waals surface area contributed by atoms with Crippen molar-refractivity contribution in [2.75, 3.05) is 10.6 Å². The summed E-state index contributed by atoms with van der Waals surface area (Å²) in [5.41, 5.74) is 0. The molecule has 164 valence electrons. The summed E-state index contributed by atoms with van der Waals surface area (Å²) in [6.45, 7) is 2.97. The van der Waals surface area contributed by atoms with Gasteiger partial charge in [0.05, 0.1) is 19.3 Å². The third-order valence-electron chi connectivity index (χ3n) is 5.93. The maximum atomic E-state index is 6.33. The lowest BCUT2D eigenvalue weighted by atomic mass is 10.2. The molecule has 11 heteroatoms. The molecule has 0 amide bonds. The quantitative estimate of drug-likeness (QED) is 0.599. The second-order valence-corrected chi connectivity index (χ2v) is 8.49. The number of halogens is 1. The van der Waals surface area contributed by atoms with Crippen LogP contribution in [-0.4, -0.2) is 39.5 Å². The molecule has 0 saturated carbocycles. The molecule has 2 N–H and O–H groups in total. The summed E-state index contributed by atoms with van der Waals surface area (Å²) in [6.07, 6.45) is 10.7. The second-order valence-electron chi connectivity index (χ2n) is 8.09. The fourth-order valence-corrected chi connectivity index (χ4v) is 4.41. The Bertz CT molecular complexity index is 1040. The Morgan fingerprint density at radius 3 is 2.03 bits per heavy atom. The Morgan fingerprint density at radius 1 is 0.774 bits per heavy atom. The molecule has 0 bridgehead atoms. The Kier molecular flexibility index (Phi) is 5.97. The van der Waals surface area contributed by atoms with E-state index in [1.807, 2.05) is 0 Å². The lowest BCUT2D eigenvalue weighted by Gasteiger charge is -2.11. The van der Waals surface area contributed by atoms with Gasteiger partial charge in [-0.15, -0.1) is 20.4 Å². The molecular weight excluding hydrogens is 416 g/mol. The Labute approximate surface area is 185 Å². The first-order valence-electron chi connectivity index (χ1n) is 11.1. The lowest BCUT2D eigenvalue weighted by Crippen LogP contribution is -2.13. The zero-order valence-corrected chi connectivity index (χ0v) is 18.3. The number of hydrogen-bond acceptors (Lipinski definition) is 8. The fourth-order valence-electron chi connectivity index (χ4n) is 4.25. The summed E-state index contributed by atoms with van der Waals surface area (Å²) in [7, 11) is 0. The van der Waals surface area contributed by atoms with E-state index >= 15 is 0 Å². The zero-order valence-electron chi connectivity index (χ0n) is 17.5. The monoisotopic (exact) mass is 442 g/mol. The van der Waals surface area contributed by atoms with Crippen LogP contribution in [-0.2, 0) is 39.0 Å². The maximum Gasteiger partial charge on any atom is 0.225 e.